The van der Waals surface area contributed by atoms with Gasteiger partial charge < -0.3 is 4.90 Å². The van der Waals surface area contributed by atoms with E-state index in [9.17, 15) is 4.79 Å². The molecule has 1 aromatic carbocycles. The highest BCUT2D eigenvalue weighted by atomic mass is 16.1. The minimum atomic E-state index is 0.139. The van der Waals surface area contributed by atoms with Gasteiger partial charge in [0.05, 0.1) is 25.6 Å². The Morgan fingerprint density at radius 3 is 2.67 bits per heavy atom. The third kappa shape index (κ3) is 3.42. The first-order valence-electron chi connectivity index (χ1n) is 7.11. The normalized spacial score (nSPS) is 18.6. The van der Waals surface area contributed by atoms with E-state index in [0.717, 1.165) is 12.1 Å². The second-order valence-corrected chi connectivity index (χ2v) is 5.65. The van der Waals surface area contributed by atoms with Gasteiger partial charge in [-0.05, 0) is 39.2 Å². The molecule has 0 amide bonds. The molecule has 1 heterocycles. The maximum atomic E-state index is 12.4. The summed E-state index contributed by atoms with van der Waals surface area (Å²) in [5.74, 6) is 0.441. The molecule has 98 valence electrons. The molecular formula is C16H24NO+. The van der Waals surface area contributed by atoms with E-state index in [1.165, 1.54) is 37.9 Å². The van der Waals surface area contributed by atoms with Crippen LogP contribution in [0, 0.1) is 12.8 Å². The second-order valence-electron chi connectivity index (χ2n) is 5.65. The molecule has 0 aliphatic carbocycles. The zero-order valence-corrected chi connectivity index (χ0v) is 11.5. The molecule has 1 aromatic rings. The Labute approximate surface area is 110 Å². The van der Waals surface area contributed by atoms with Gasteiger partial charge in [-0.3, -0.25) is 4.79 Å². The van der Waals surface area contributed by atoms with Gasteiger partial charge in [-0.1, -0.05) is 23.8 Å². The molecule has 2 nitrogen and oxygen atoms in total. The van der Waals surface area contributed by atoms with E-state index in [2.05, 4.69) is 6.92 Å². The van der Waals surface area contributed by atoms with E-state index in [1.54, 1.807) is 4.90 Å². The average molecular weight is 246 g/mol. The highest BCUT2D eigenvalue weighted by molar-refractivity contribution is 5.97. The Bertz CT molecular complexity index is 407. The van der Waals surface area contributed by atoms with Crippen LogP contribution in [-0.2, 0) is 0 Å². The summed E-state index contributed by atoms with van der Waals surface area (Å²) < 4.78 is 0. The van der Waals surface area contributed by atoms with Crippen molar-refractivity contribution in [2.45, 2.75) is 33.1 Å². The van der Waals surface area contributed by atoms with Crippen molar-refractivity contribution in [3.05, 3.63) is 35.4 Å². The number of ketones is 1. The number of benzene rings is 1. The van der Waals surface area contributed by atoms with Gasteiger partial charge in [0.1, 0.15) is 0 Å². The van der Waals surface area contributed by atoms with Gasteiger partial charge in [0.2, 0.25) is 0 Å². The number of carbonyl (C=O) groups is 1. The zero-order valence-electron chi connectivity index (χ0n) is 11.5. The number of hydrogen-bond donors (Lipinski definition) is 1. The third-order valence-electron chi connectivity index (χ3n) is 3.91. The molecule has 0 bridgehead atoms. The molecule has 18 heavy (non-hydrogen) atoms. The highest BCUT2D eigenvalue weighted by Crippen LogP contribution is 2.10. The number of piperidine rings is 1. The molecule has 1 N–H and O–H groups in total. The first kappa shape index (κ1) is 13.3. The van der Waals surface area contributed by atoms with Gasteiger partial charge in [-0.2, -0.15) is 0 Å². The van der Waals surface area contributed by atoms with Crippen LogP contribution in [0.1, 0.15) is 42.1 Å². The summed E-state index contributed by atoms with van der Waals surface area (Å²) in [4.78, 5) is 14.0. The number of likely N-dealkylation sites (tertiary alicyclic amines) is 1. The molecule has 1 aliphatic rings. The molecule has 0 saturated carbocycles. The van der Waals surface area contributed by atoms with Crippen LogP contribution >= 0.6 is 0 Å². The molecule has 1 unspecified atom stereocenters. The van der Waals surface area contributed by atoms with Gasteiger partial charge in [0.25, 0.3) is 0 Å². The van der Waals surface area contributed by atoms with E-state index < -0.39 is 0 Å². The fourth-order valence-corrected chi connectivity index (χ4v) is 2.86. The third-order valence-corrected chi connectivity index (χ3v) is 3.91. The zero-order chi connectivity index (χ0) is 13.0. The smallest absolute Gasteiger partial charge is 0.171 e. The molecule has 0 aromatic heterocycles. The lowest BCUT2D eigenvalue weighted by Crippen LogP contribution is -3.13. The predicted octanol–water partition coefficient (Wildman–Crippen LogP) is 1.88. The van der Waals surface area contributed by atoms with Crippen LogP contribution in [0.25, 0.3) is 0 Å². The molecule has 0 spiro atoms. The molecule has 0 radical (unpaired) electrons. The maximum Gasteiger partial charge on any atom is 0.171 e. The highest BCUT2D eigenvalue weighted by Gasteiger charge is 2.22. The van der Waals surface area contributed by atoms with Crippen molar-refractivity contribution in [3.8, 4) is 0 Å². The first-order valence-corrected chi connectivity index (χ1v) is 7.11. The monoisotopic (exact) mass is 246 g/mol. The summed E-state index contributed by atoms with van der Waals surface area (Å²) in [6, 6.07) is 7.96. The minimum absolute atomic E-state index is 0.139. The lowest BCUT2D eigenvalue weighted by Gasteiger charge is -2.25. The summed E-state index contributed by atoms with van der Waals surface area (Å²) in [5.41, 5.74) is 2.04. The van der Waals surface area contributed by atoms with Gasteiger partial charge >= 0.3 is 0 Å². The average Bonchev–Trinajstić information content (AvgIpc) is 2.39. The van der Waals surface area contributed by atoms with Crippen molar-refractivity contribution in [2.75, 3.05) is 19.6 Å². The molecule has 1 saturated heterocycles. The quantitative estimate of drug-likeness (QED) is 0.805. The Morgan fingerprint density at radius 2 is 2.00 bits per heavy atom. The van der Waals surface area contributed by atoms with E-state index in [0.29, 0.717) is 5.78 Å². The van der Waals surface area contributed by atoms with Crippen molar-refractivity contribution in [3.63, 3.8) is 0 Å². The Balaban J connectivity index is 1.95. The predicted molar refractivity (Wildman–Crippen MR) is 74.1 cm³/mol. The Morgan fingerprint density at radius 1 is 1.28 bits per heavy atom. The second kappa shape index (κ2) is 6.14. The molecule has 1 atom stereocenters. The van der Waals surface area contributed by atoms with Gasteiger partial charge in [-0.25, -0.2) is 0 Å². The summed E-state index contributed by atoms with van der Waals surface area (Å²) >= 11 is 0. The molecule has 1 fully saturated rings. The van der Waals surface area contributed by atoms with Crippen molar-refractivity contribution >= 4 is 5.78 Å². The number of carbonyl (C=O) groups excluding carboxylic acids is 1. The topological polar surface area (TPSA) is 21.5 Å². The van der Waals surface area contributed by atoms with Gasteiger partial charge in [0, 0.05) is 5.56 Å². The number of quaternary nitrogens is 1. The van der Waals surface area contributed by atoms with Crippen LogP contribution in [0.5, 0.6) is 0 Å². The van der Waals surface area contributed by atoms with Crippen LogP contribution in [-0.4, -0.2) is 25.4 Å². The van der Waals surface area contributed by atoms with Crippen LogP contribution in [0.3, 0.4) is 0 Å². The summed E-state index contributed by atoms with van der Waals surface area (Å²) in [7, 11) is 0. The Kier molecular flexibility index (Phi) is 4.54. The van der Waals surface area contributed by atoms with Crippen molar-refractivity contribution in [2.24, 2.45) is 5.92 Å². The number of nitrogens with one attached hydrogen (secondary N) is 1. The summed E-state index contributed by atoms with van der Waals surface area (Å²) in [6.45, 7) is 7.59. The number of hydrogen-bond acceptors (Lipinski definition) is 1. The maximum absolute atomic E-state index is 12.4. The molecule has 2 heteroatoms. The minimum Gasteiger partial charge on any atom is -0.334 e. The van der Waals surface area contributed by atoms with Crippen LogP contribution < -0.4 is 4.90 Å². The fourth-order valence-electron chi connectivity index (χ4n) is 2.86. The van der Waals surface area contributed by atoms with Crippen molar-refractivity contribution < 1.29 is 9.69 Å². The number of Topliss-reactive ketones (excluding diaryl/α,β-unsaturated/α-hetero) is 1. The summed E-state index contributed by atoms with van der Waals surface area (Å²) in [5, 5.41) is 0. The fraction of sp³-hybridized carbons (Fsp3) is 0.562. The van der Waals surface area contributed by atoms with E-state index >= 15 is 0 Å². The SMILES string of the molecule is Cc1cccc(C(=O)C(C)C[NH+]2CCCCC2)c1. The lowest BCUT2D eigenvalue weighted by molar-refractivity contribution is -0.906. The summed E-state index contributed by atoms with van der Waals surface area (Å²) in [6.07, 6.45) is 4.01. The largest absolute Gasteiger partial charge is 0.334 e. The number of aryl methyl sites for hydroxylation is 1. The van der Waals surface area contributed by atoms with E-state index in [4.69, 9.17) is 0 Å². The van der Waals surface area contributed by atoms with Crippen LogP contribution in [0.2, 0.25) is 0 Å². The van der Waals surface area contributed by atoms with Gasteiger partial charge in [-0.15, -0.1) is 0 Å². The molecule has 2 rings (SSSR count). The Hall–Kier alpha value is -1.15. The van der Waals surface area contributed by atoms with E-state index in [1.807, 2.05) is 31.2 Å². The van der Waals surface area contributed by atoms with Crippen molar-refractivity contribution in [1.82, 2.24) is 0 Å². The van der Waals surface area contributed by atoms with Crippen LogP contribution in [0.15, 0.2) is 24.3 Å². The van der Waals surface area contributed by atoms with Crippen molar-refractivity contribution in [1.29, 1.82) is 0 Å². The number of rotatable bonds is 4. The van der Waals surface area contributed by atoms with Crippen LogP contribution in [0.4, 0.5) is 0 Å². The lowest BCUT2D eigenvalue weighted by atomic mass is 9.97. The first-order chi connectivity index (χ1) is 8.66. The van der Waals surface area contributed by atoms with E-state index in [-0.39, 0.29) is 5.92 Å². The molecular weight excluding hydrogens is 222 g/mol. The standard InChI is InChI=1S/C16H23NO/c1-13-7-6-8-15(11-13)16(18)14(2)12-17-9-4-3-5-10-17/h6-8,11,14H,3-5,9-10,12H2,1-2H3/p+1. The van der Waals surface area contributed by atoms with Gasteiger partial charge in [0.15, 0.2) is 5.78 Å². The molecule has 1 aliphatic heterocycles.